The molecule has 2 N–H and O–H groups in total. The Morgan fingerprint density at radius 2 is 1.76 bits per heavy atom. The largest absolute Gasteiger partial charge is 0.370 e. The zero-order valence-electron chi connectivity index (χ0n) is 12.9. The van der Waals surface area contributed by atoms with Gasteiger partial charge in [0.15, 0.2) is 0 Å². The van der Waals surface area contributed by atoms with Gasteiger partial charge >= 0.3 is 0 Å². The van der Waals surface area contributed by atoms with Crippen molar-refractivity contribution in [1.82, 2.24) is 0 Å². The van der Waals surface area contributed by atoms with Crippen molar-refractivity contribution in [2.45, 2.75) is 51.4 Å². The molecule has 1 aromatic carbocycles. The monoisotopic (exact) mass is 306 g/mol. The molecule has 2 aliphatic rings. The quantitative estimate of drug-likeness (QED) is 0.897. The van der Waals surface area contributed by atoms with Crippen molar-refractivity contribution in [2.75, 3.05) is 24.5 Å². The fraction of sp³-hybridized carbons (Fsp3) is 0.667. The van der Waals surface area contributed by atoms with E-state index in [-0.39, 0.29) is 0 Å². The second-order valence-electron chi connectivity index (χ2n) is 6.83. The SMILES string of the molecule is NCCc1cccc(Cl)c1N1CCC2(CCCCC2)CC1. The highest BCUT2D eigenvalue weighted by Gasteiger charge is 2.36. The van der Waals surface area contributed by atoms with Gasteiger partial charge in [-0.2, -0.15) is 0 Å². The van der Waals surface area contributed by atoms with Gasteiger partial charge in [0.25, 0.3) is 0 Å². The van der Waals surface area contributed by atoms with E-state index >= 15 is 0 Å². The van der Waals surface area contributed by atoms with Crippen LogP contribution in [0.3, 0.4) is 0 Å². The Bertz CT molecular complexity index is 470. The smallest absolute Gasteiger partial charge is 0.0642 e. The number of halogens is 1. The fourth-order valence-corrected chi connectivity index (χ4v) is 4.59. The van der Waals surface area contributed by atoms with Crippen LogP contribution in [0.5, 0.6) is 0 Å². The Kier molecular flexibility index (Phi) is 4.75. The molecule has 1 spiro atoms. The predicted molar refractivity (Wildman–Crippen MR) is 91.2 cm³/mol. The van der Waals surface area contributed by atoms with Crippen LogP contribution in [-0.2, 0) is 6.42 Å². The van der Waals surface area contributed by atoms with Gasteiger partial charge in [-0.3, -0.25) is 0 Å². The van der Waals surface area contributed by atoms with E-state index in [9.17, 15) is 0 Å². The summed E-state index contributed by atoms with van der Waals surface area (Å²) < 4.78 is 0. The van der Waals surface area contributed by atoms with Gasteiger partial charge < -0.3 is 10.6 Å². The molecular formula is C18H27ClN2. The number of benzene rings is 1. The van der Waals surface area contributed by atoms with Crippen LogP contribution in [-0.4, -0.2) is 19.6 Å². The van der Waals surface area contributed by atoms with E-state index in [1.165, 1.54) is 56.2 Å². The van der Waals surface area contributed by atoms with E-state index in [1.807, 2.05) is 12.1 Å². The lowest BCUT2D eigenvalue weighted by Crippen LogP contribution is -2.41. The molecule has 2 fully saturated rings. The van der Waals surface area contributed by atoms with Gasteiger partial charge in [0, 0.05) is 13.1 Å². The molecule has 21 heavy (non-hydrogen) atoms. The van der Waals surface area contributed by atoms with Crippen molar-refractivity contribution >= 4 is 17.3 Å². The number of para-hydroxylation sites is 1. The number of rotatable bonds is 3. The van der Waals surface area contributed by atoms with Crippen LogP contribution < -0.4 is 10.6 Å². The topological polar surface area (TPSA) is 29.3 Å². The van der Waals surface area contributed by atoms with Crippen LogP contribution in [0.25, 0.3) is 0 Å². The van der Waals surface area contributed by atoms with E-state index in [4.69, 9.17) is 17.3 Å². The maximum Gasteiger partial charge on any atom is 0.0642 e. The number of anilines is 1. The van der Waals surface area contributed by atoms with Gasteiger partial charge in [-0.1, -0.05) is 43.0 Å². The summed E-state index contributed by atoms with van der Waals surface area (Å²) in [5.41, 5.74) is 8.96. The van der Waals surface area contributed by atoms with E-state index in [1.54, 1.807) is 0 Å². The van der Waals surface area contributed by atoms with Crippen LogP contribution in [0.4, 0.5) is 5.69 Å². The summed E-state index contributed by atoms with van der Waals surface area (Å²) >= 11 is 6.49. The molecule has 3 heteroatoms. The van der Waals surface area contributed by atoms with Crippen LogP contribution in [0.1, 0.15) is 50.5 Å². The standard InChI is InChI=1S/C18H27ClN2/c19-16-6-4-5-15(7-12-20)17(16)21-13-10-18(11-14-21)8-2-1-3-9-18/h4-6H,1-3,7-14,20H2. The van der Waals surface area contributed by atoms with Crippen molar-refractivity contribution in [1.29, 1.82) is 0 Å². The third kappa shape index (κ3) is 3.22. The summed E-state index contributed by atoms with van der Waals surface area (Å²) in [6.07, 6.45) is 10.8. The first-order valence-corrected chi connectivity index (χ1v) is 8.84. The lowest BCUT2D eigenvalue weighted by molar-refractivity contribution is 0.144. The second kappa shape index (κ2) is 6.58. The van der Waals surface area contributed by atoms with Gasteiger partial charge in [-0.05, 0) is 55.7 Å². The van der Waals surface area contributed by atoms with Crippen LogP contribution >= 0.6 is 11.6 Å². The van der Waals surface area contributed by atoms with Crippen molar-refractivity contribution in [3.63, 3.8) is 0 Å². The first kappa shape index (κ1) is 15.2. The zero-order chi connectivity index (χ0) is 14.7. The number of nitrogens with zero attached hydrogens (tertiary/aromatic N) is 1. The van der Waals surface area contributed by atoms with Crippen molar-refractivity contribution in [2.24, 2.45) is 11.1 Å². The van der Waals surface area contributed by atoms with Crippen molar-refractivity contribution < 1.29 is 0 Å². The molecule has 1 heterocycles. The Morgan fingerprint density at radius 3 is 2.43 bits per heavy atom. The minimum atomic E-state index is 0.643. The summed E-state index contributed by atoms with van der Waals surface area (Å²) in [7, 11) is 0. The lowest BCUT2D eigenvalue weighted by atomic mass is 9.68. The molecule has 1 saturated heterocycles. The average Bonchev–Trinajstić information content (AvgIpc) is 2.50. The number of hydrogen-bond acceptors (Lipinski definition) is 2. The highest BCUT2D eigenvalue weighted by Crippen LogP contribution is 2.46. The minimum Gasteiger partial charge on any atom is -0.370 e. The summed E-state index contributed by atoms with van der Waals surface area (Å²) in [5.74, 6) is 0. The Balaban J connectivity index is 1.74. The summed E-state index contributed by atoms with van der Waals surface area (Å²) in [5, 5.41) is 0.889. The maximum absolute atomic E-state index is 6.49. The lowest BCUT2D eigenvalue weighted by Gasteiger charge is -2.45. The highest BCUT2D eigenvalue weighted by molar-refractivity contribution is 6.33. The molecule has 0 unspecified atom stereocenters. The molecule has 1 aliphatic heterocycles. The molecule has 0 radical (unpaired) electrons. The number of nitrogens with two attached hydrogens (primary N) is 1. The molecule has 116 valence electrons. The first-order chi connectivity index (χ1) is 10.2. The third-order valence-corrected chi connectivity index (χ3v) is 5.84. The van der Waals surface area contributed by atoms with Gasteiger partial charge in [0.1, 0.15) is 0 Å². The van der Waals surface area contributed by atoms with E-state index < -0.39 is 0 Å². The molecule has 3 rings (SSSR count). The van der Waals surface area contributed by atoms with Gasteiger partial charge in [0.05, 0.1) is 10.7 Å². The van der Waals surface area contributed by atoms with E-state index in [0.29, 0.717) is 12.0 Å². The summed E-state index contributed by atoms with van der Waals surface area (Å²) in [6.45, 7) is 2.99. The predicted octanol–water partition coefficient (Wildman–Crippen LogP) is 4.39. The molecule has 0 atom stereocenters. The fourth-order valence-electron chi connectivity index (χ4n) is 4.28. The van der Waals surface area contributed by atoms with Crippen LogP contribution in [0.15, 0.2) is 18.2 Å². The molecule has 0 aromatic heterocycles. The summed E-state index contributed by atoms with van der Waals surface area (Å²) in [6, 6.07) is 6.24. The number of piperidine rings is 1. The molecular weight excluding hydrogens is 280 g/mol. The molecule has 1 aliphatic carbocycles. The third-order valence-electron chi connectivity index (χ3n) is 5.54. The van der Waals surface area contributed by atoms with Gasteiger partial charge in [-0.25, -0.2) is 0 Å². The normalized spacial score (nSPS) is 21.7. The Morgan fingerprint density at radius 1 is 1.05 bits per heavy atom. The second-order valence-corrected chi connectivity index (χ2v) is 7.24. The van der Waals surface area contributed by atoms with Crippen molar-refractivity contribution in [3.8, 4) is 0 Å². The van der Waals surface area contributed by atoms with Crippen molar-refractivity contribution in [3.05, 3.63) is 28.8 Å². The highest BCUT2D eigenvalue weighted by atomic mass is 35.5. The molecule has 0 amide bonds. The van der Waals surface area contributed by atoms with E-state index in [2.05, 4.69) is 11.0 Å². The van der Waals surface area contributed by atoms with Gasteiger partial charge in [-0.15, -0.1) is 0 Å². The van der Waals surface area contributed by atoms with E-state index in [0.717, 1.165) is 24.5 Å². The molecule has 1 aromatic rings. The maximum atomic E-state index is 6.49. The first-order valence-electron chi connectivity index (χ1n) is 8.47. The van der Waals surface area contributed by atoms with Gasteiger partial charge in [0.2, 0.25) is 0 Å². The Hall–Kier alpha value is -0.730. The van der Waals surface area contributed by atoms with Crippen LogP contribution in [0.2, 0.25) is 5.02 Å². The molecule has 2 nitrogen and oxygen atoms in total. The summed E-state index contributed by atoms with van der Waals surface area (Å²) in [4.78, 5) is 2.51. The van der Waals surface area contributed by atoms with Crippen LogP contribution in [0, 0.1) is 5.41 Å². The number of hydrogen-bond donors (Lipinski definition) is 1. The molecule has 1 saturated carbocycles. The average molecular weight is 307 g/mol. The zero-order valence-corrected chi connectivity index (χ0v) is 13.7. The molecule has 0 bridgehead atoms. The minimum absolute atomic E-state index is 0.643. The Labute approximate surface area is 133 Å².